The molecule has 0 aromatic carbocycles. The Morgan fingerprint density at radius 3 is 2.46 bits per heavy atom. The predicted molar refractivity (Wildman–Crippen MR) is 35.0 cm³/mol. The summed E-state index contributed by atoms with van der Waals surface area (Å²) in [5.41, 5.74) is -1.93. The Bertz CT molecular complexity index is 316. The Hall–Kier alpha value is -1.17. The van der Waals surface area contributed by atoms with Crippen LogP contribution in [-0.2, 0) is 6.61 Å². The average molecular weight is 195 g/mol. The molecule has 6 heteroatoms. The van der Waals surface area contributed by atoms with Gasteiger partial charge in [-0.15, -0.1) is 0 Å². The SMILES string of the molecule is OCc1ncc(F)c(C(F)F)c1F. The van der Waals surface area contributed by atoms with Gasteiger partial charge in [0.1, 0.15) is 5.69 Å². The molecule has 1 aromatic rings. The van der Waals surface area contributed by atoms with Crippen molar-refractivity contribution in [2.45, 2.75) is 13.0 Å². The normalized spacial score (nSPS) is 10.9. The number of aromatic nitrogens is 1. The van der Waals surface area contributed by atoms with E-state index in [-0.39, 0.29) is 0 Å². The first-order valence-electron chi connectivity index (χ1n) is 3.29. The molecule has 0 atom stereocenters. The Morgan fingerprint density at radius 2 is 2.00 bits per heavy atom. The Balaban J connectivity index is 3.30. The number of rotatable bonds is 2. The fourth-order valence-corrected chi connectivity index (χ4v) is 0.831. The van der Waals surface area contributed by atoms with Crippen LogP contribution in [-0.4, -0.2) is 10.1 Å². The fraction of sp³-hybridized carbons (Fsp3) is 0.286. The smallest absolute Gasteiger partial charge is 0.269 e. The molecule has 0 aliphatic heterocycles. The molecule has 0 saturated carbocycles. The van der Waals surface area contributed by atoms with Crippen LogP contribution < -0.4 is 0 Å². The van der Waals surface area contributed by atoms with Gasteiger partial charge in [-0.05, 0) is 0 Å². The van der Waals surface area contributed by atoms with Crippen molar-refractivity contribution in [3.63, 3.8) is 0 Å². The molecular formula is C7H5F4NO. The average Bonchev–Trinajstić information content (AvgIpc) is 2.04. The third-order valence-corrected chi connectivity index (χ3v) is 1.45. The van der Waals surface area contributed by atoms with E-state index in [1.807, 2.05) is 0 Å². The summed E-state index contributed by atoms with van der Waals surface area (Å²) in [5.74, 6) is -2.90. The largest absolute Gasteiger partial charge is 0.390 e. The van der Waals surface area contributed by atoms with E-state index in [0.29, 0.717) is 6.20 Å². The highest BCUT2D eigenvalue weighted by Gasteiger charge is 2.22. The molecule has 0 fully saturated rings. The Morgan fingerprint density at radius 1 is 1.38 bits per heavy atom. The molecular weight excluding hydrogens is 190 g/mol. The zero-order valence-electron chi connectivity index (χ0n) is 6.27. The second-order valence-corrected chi connectivity index (χ2v) is 2.24. The van der Waals surface area contributed by atoms with Crippen LogP contribution in [0.1, 0.15) is 17.7 Å². The summed E-state index contributed by atoms with van der Waals surface area (Å²) in [6.07, 6.45) is -2.80. The topological polar surface area (TPSA) is 33.1 Å². The predicted octanol–water partition coefficient (Wildman–Crippen LogP) is 1.79. The molecule has 1 heterocycles. The maximum absolute atomic E-state index is 12.8. The molecule has 0 aliphatic rings. The summed E-state index contributed by atoms with van der Waals surface area (Å²) >= 11 is 0. The third kappa shape index (κ3) is 1.77. The lowest BCUT2D eigenvalue weighted by atomic mass is 10.2. The summed E-state index contributed by atoms with van der Waals surface area (Å²) in [4.78, 5) is 3.11. The maximum atomic E-state index is 12.8. The number of aliphatic hydroxyl groups is 1. The van der Waals surface area contributed by atoms with E-state index >= 15 is 0 Å². The maximum Gasteiger partial charge on any atom is 0.269 e. The van der Waals surface area contributed by atoms with Gasteiger partial charge in [0.25, 0.3) is 6.43 Å². The van der Waals surface area contributed by atoms with Gasteiger partial charge in [-0.3, -0.25) is 4.98 Å². The summed E-state index contributed by atoms with van der Waals surface area (Å²) in [7, 11) is 0. The van der Waals surface area contributed by atoms with Crippen molar-refractivity contribution in [3.05, 3.63) is 29.1 Å². The van der Waals surface area contributed by atoms with Gasteiger partial charge >= 0.3 is 0 Å². The minimum absolute atomic E-state index is 0.454. The Labute approximate surface area is 70.8 Å². The van der Waals surface area contributed by atoms with E-state index in [0.717, 1.165) is 0 Å². The lowest BCUT2D eigenvalue weighted by Crippen LogP contribution is -2.04. The fourth-order valence-electron chi connectivity index (χ4n) is 0.831. The van der Waals surface area contributed by atoms with Crippen LogP contribution in [0, 0.1) is 11.6 Å². The lowest BCUT2D eigenvalue weighted by Gasteiger charge is -2.05. The lowest BCUT2D eigenvalue weighted by molar-refractivity contribution is 0.139. The van der Waals surface area contributed by atoms with Crippen LogP contribution in [0.2, 0.25) is 0 Å². The van der Waals surface area contributed by atoms with Crippen molar-refractivity contribution >= 4 is 0 Å². The van der Waals surface area contributed by atoms with Crippen molar-refractivity contribution in [1.82, 2.24) is 4.98 Å². The zero-order chi connectivity index (χ0) is 10.0. The number of pyridine rings is 1. The molecule has 1 aromatic heterocycles. The first-order chi connectivity index (χ1) is 6.07. The van der Waals surface area contributed by atoms with E-state index in [4.69, 9.17) is 5.11 Å². The molecule has 1 rings (SSSR count). The Kier molecular flexibility index (Phi) is 2.82. The highest BCUT2D eigenvalue weighted by Crippen LogP contribution is 2.25. The molecule has 0 amide bonds. The van der Waals surface area contributed by atoms with Gasteiger partial charge in [0.05, 0.1) is 18.4 Å². The van der Waals surface area contributed by atoms with Crippen molar-refractivity contribution in [1.29, 1.82) is 0 Å². The zero-order valence-corrected chi connectivity index (χ0v) is 6.27. The molecule has 13 heavy (non-hydrogen) atoms. The molecule has 0 unspecified atom stereocenters. The van der Waals surface area contributed by atoms with Crippen LogP contribution >= 0.6 is 0 Å². The summed E-state index contributed by atoms with van der Waals surface area (Å²) in [6.45, 7) is -0.841. The molecule has 2 nitrogen and oxygen atoms in total. The number of hydrogen-bond acceptors (Lipinski definition) is 2. The van der Waals surface area contributed by atoms with E-state index in [1.165, 1.54) is 0 Å². The first-order valence-corrected chi connectivity index (χ1v) is 3.29. The number of nitrogens with zero attached hydrogens (tertiary/aromatic N) is 1. The second kappa shape index (κ2) is 3.69. The van der Waals surface area contributed by atoms with E-state index in [9.17, 15) is 17.6 Å². The molecule has 0 spiro atoms. The van der Waals surface area contributed by atoms with Gasteiger partial charge in [0.15, 0.2) is 11.6 Å². The summed E-state index contributed by atoms with van der Waals surface area (Å²) < 4.78 is 49.4. The number of alkyl halides is 2. The summed E-state index contributed by atoms with van der Waals surface area (Å²) in [5, 5.41) is 8.45. The standard InChI is InChI=1S/C7H5F4NO/c8-3-1-12-4(2-13)6(9)5(3)7(10)11/h1,7,13H,2H2. The first kappa shape index (κ1) is 9.91. The van der Waals surface area contributed by atoms with Crippen LogP contribution in [0.4, 0.5) is 17.6 Å². The summed E-state index contributed by atoms with van der Waals surface area (Å²) in [6, 6.07) is 0. The molecule has 0 bridgehead atoms. The van der Waals surface area contributed by atoms with Gasteiger partial charge in [-0.1, -0.05) is 0 Å². The molecule has 1 N–H and O–H groups in total. The van der Waals surface area contributed by atoms with Crippen molar-refractivity contribution < 1.29 is 22.7 Å². The number of halogens is 4. The van der Waals surface area contributed by atoms with Gasteiger partial charge < -0.3 is 5.11 Å². The minimum atomic E-state index is -3.26. The quantitative estimate of drug-likeness (QED) is 0.729. The highest BCUT2D eigenvalue weighted by atomic mass is 19.3. The third-order valence-electron chi connectivity index (χ3n) is 1.45. The van der Waals surface area contributed by atoms with Crippen molar-refractivity contribution in [2.24, 2.45) is 0 Å². The van der Waals surface area contributed by atoms with Crippen LogP contribution in [0.15, 0.2) is 6.20 Å². The van der Waals surface area contributed by atoms with Gasteiger partial charge in [-0.2, -0.15) is 0 Å². The van der Waals surface area contributed by atoms with Crippen molar-refractivity contribution in [2.75, 3.05) is 0 Å². The second-order valence-electron chi connectivity index (χ2n) is 2.24. The molecule has 0 aliphatic carbocycles. The number of hydrogen-bond donors (Lipinski definition) is 1. The number of aliphatic hydroxyl groups excluding tert-OH is 1. The van der Waals surface area contributed by atoms with Crippen LogP contribution in [0.25, 0.3) is 0 Å². The monoisotopic (exact) mass is 195 g/mol. The molecule has 0 radical (unpaired) electrons. The molecule has 72 valence electrons. The van der Waals surface area contributed by atoms with Gasteiger partial charge in [0.2, 0.25) is 0 Å². The van der Waals surface area contributed by atoms with Gasteiger partial charge in [0, 0.05) is 0 Å². The van der Waals surface area contributed by atoms with E-state index in [1.54, 1.807) is 0 Å². The minimum Gasteiger partial charge on any atom is -0.390 e. The van der Waals surface area contributed by atoms with Crippen molar-refractivity contribution in [3.8, 4) is 0 Å². The highest BCUT2D eigenvalue weighted by molar-refractivity contribution is 5.21. The van der Waals surface area contributed by atoms with Gasteiger partial charge in [-0.25, -0.2) is 17.6 Å². The molecule has 0 saturated heterocycles. The van der Waals surface area contributed by atoms with E-state index < -0.39 is 35.9 Å². The van der Waals surface area contributed by atoms with Crippen LogP contribution in [0.5, 0.6) is 0 Å². The van der Waals surface area contributed by atoms with E-state index in [2.05, 4.69) is 4.98 Å². The van der Waals surface area contributed by atoms with Crippen LogP contribution in [0.3, 0.4) is 0 Å².